The molecule has 1 amide bonds. The van der Waals surface area contributed by atoms with Crippen molar-refractivity contribution in [2.45, 2.75) is 52.6 Å². The van der Waals surface area contributed by atoms with E-state index in [0.717, 1.165) is 0 Å². The zero-order valence-corrected chi connectivity index (χ0v) is 11.1. The van der Waals surface area contributed by atoms with Crippen molar-refractivity contribution in [3.05, 3.63) is 0 Å². The van der Waals surface area contributed by atoms with Crippen LogP contribution >= 0.6 is 0 Å². The Kier molecular flexibility index (Phi) is 6.80. The lowest BCUT2D eigenvalue weighted by Crippen LogP contribution is -2.49. The number of rotatable bonds is 7. The van der Waals surface area contributed by atoms with Gasteiger partial charge in [-0.25, -0.2) is 0 Å². The molecule has 0 aromatic carbocycles. The Labute approximate surface area is 103 Å². The molecule has 0 heterocycles. The number of carboxylic acids is 1. The number of nitrogens with zero attached hydrogens (tertiary/aromatic N) is 1. The van der Waals surface area contributed by atoms with Gasteiger partial charge in [0.2, 0.25) is 5.91 Å². The molecule has 1 unspecified atom stereocenters. The van der Waals surface area contributed by atoms with Crippen LogP contribution < -0.4 is 5.73 Å². The zero-order chi connectivity index (χ0) is 13.6. The predicted octanol–water partition coefficient (Wildman–Crippen LogP) is 1.07. The summed E-state index contributed by atoms with van der Waals surface area (Å²) in [6.07, 6.45) is 0.539. The summed E-state index contributed by atoms with van der Waals surface area (Å²) in [7, 11) is 0. The Bertz CT molecular complexity index is 264. The SMILES string of the molecule is CC(C)C(N)C(=O)N(CCCC(=O)O)C(C)C. The van der Waals surface area contributed by atoms with Gasteiger partial charge in [-0.2, -0.15) is 0 Å². The highest BCUT2D eigenvalue weighted by Gasteiger charge is 2.25. The second kappa shape index (κ2) is 7.27. The van der Waals surface area contributed by atoms with Gasteiger partial charge in [-0.3, -0.25) is 9.59 Å². The van der Waals surface area contributed by atoms with E-state index in [-0.39, 0.29) is 24.3 Å². The van der Waals surface area contributed by atoms with Gasteiger partial charge in [0.05, 0.1) is 6.04 Å². The predicted molar refractivity (Wildman–Crippen MR) is 66.5 cm³/mol. The summed E-state index contributed by atoms with van der Waals surface area (Å²) >= 11 is 0. The van der Waals surface area contributed by atoms with E-state index >= 15 is 0 Å². The fraction of sp³-hybridized carbons (Fsp3) is 0.833. The van der Waals surface area contributed by atoms with Crippen molar-refractivity contribution < 1.29 is 14.7 Å². The molecule has 0 rings (SSSR count). The quantitative estimate of drug-likeness (QED) is 0.701. The first kappa shape index (κ1) is 15.9. The van der Waals surface area contributed by atoms with Crippen LogP contribution in [0.3, 0.4) is 0 Å². The molecule has 1 atom stereocenters. The summed E-state index contributed by atoms with van der Waals surface area (Å²) in [5.74, 6) is -0.849. The Balaban J connectivity index is 4.42. The van der Waals surface area contributed by atoms with Crippen LogP contribution in [0.5, 0.6) is 0 Å². The molecule has 0 aliphatic heterocycles. The Morgan fingerprint density at radius 1 is 1.24 bits per heavy atom. The molecule has 0 saturated heterocycles. The highest BCUT2D eigenvalue weighted by Crippen LogP contribution is 2.08. The standard InChI is InChI=1S/C12H24N2O3/c1-8(2)11(13)12(17)14(9(3)4)7-5-6-10(15)16/h8-9,11H,5-7,13H2,1-4H3,(H,15,16). The average molecular weight is 244 g/mol. The monoisotopic (exact) mass is 244 g/mol. The van der Waals surface area contributed by atoms with Gasteiger partial charge in [0, 0.05) is 19.0 Å². The number of hydrogen-bond donors (Lipinski definition) is 2. The number of carbonyl (C=O) groups excluding carboxylic acids is 1. The molecule has 0 aliphatic carbocycles. The Morgan fingerprint density at radius 3 is 2.12 bits per heavy atom. The molecule has 0 bridgehead atoms. The highest BCUT2D eigenvalue weighted by atomic mass is 16.4. The van der Waals surface area contributed by atoms with Crippen molar-refractivity contribution >= 4 is 11.9 Å². The van der Waals surface area contributed by atoms with Crippen LogP contribution in [0, 0.1) is 5.92 Å². The van der Waals surface area contributed by atoms with Gasteiger partial charge in [-0.05, 0) is 26.2 Å². The van der Waals surface area contributed by atoms with Crippen molar-refractivity contribution in [2.75, 3.05) is 6.54 Å². The smallest absolute Gasteiger partial charge is 0.303 e. The van der Waals surface area contributed by atoms with Crippen LogP contribution in [-0.4, -0.2) is 40.5 Å². The summed E-state index contributed by atoms with van der Waals surface area (Å²) in [5.41, 5.74) is 5.82. The van der Waals surface area contributed by atoms with Crippen LogP contribution in [0.1, 0.15) is 40.5 Å². The second-order valence-electron chi connectivity index (χ2n) is 4.89. The van der Waals surface area contributed by atoms with Crippen molar-refractivity contribution in [1.82, 2.24) is 4.90 Å². The summed E-state index contributed by atoms with van der Waals surface area (Å²) in [5, 5.41) is 8.57. The van der Waals surface area contributed by atoms with Crippen molar-refractivity contribution in [3.63, 3.8) is 0 Å². The average Bonchev–Trinajstić information content (AvgIpc) is 2.21. The fourth-order valence-corrected chi connectivity index (χ4v) is 1.50. The van der Waals surface area contributed by atoms with E-state index in [4.69, 9.17) is 10.8 Å². The van der Waals surface area contributed by atoms with Crippen LogP contribution in [0.15, 0.2) is 0 Å². The highest BCUT2D eigenvalue weighted by molar-refractivity contribution is 5.82. The van der Waals surface area contributed by atoms with Crippen molar-refractivity contribution in [2.24, 2.45) is 11.7 Å². The van der Waals surface area contributed by atoms with E-state index in [1.54, 1.807) is 4.90 Å². The molecule has 5 heteroatoms. The van der Waals surface area contributed by atoms with Crippen LogP contribution in [0.2, 0.25) is 0 Å². The van der Waals surface area contributed by atoms with E-state index in [0.29, 0.717) is 13.0 Å². The van der Waals surface area contributed by atoms with E-state index in [1.165, 1.54) is 0 Å². The second-order valence-corrected chi connectivity index (χ2v) is 4.89. The number of carboxylic acid groups (broad SMARTS) is 1. The number of hydrogen-bond acceptors (Lipinski definition) is 3. The molecule has 5 nitrogen and oxygen atoms in total. The molecular formula is C12H24N2O3. The third-order valence-corrected chi connectivity index (χ3v) is 2.70. The maximum absolute atomic E-state index is 12.1. The Morgan fingerprint density at radius 2 is 1.76 bits per heavy atom. The van der Waals surface area contributed by atoms with Gasteiger partial charge in [0.1, 0.15) is 0 Å². The van der Waals surface area contributed by atoms with Crippen molar-refractivity contribution in [1.29, 1.82) is 0 Å². The maximum atomic E-state index is 12.1. The Hall–Kier alpha value is -1.10. The van der Waals surface area contributed by atoms with Crippen LogP contribution in [0.4, 0.5) is 0 Å². The minimum Gasteiger partial charge on any atom is -0.481 e. The number of carbonyl (C=O) groups is 2. The molecule has 3 N–H and O–H groups in total. The lowest BCUT2D eigenvalue weighted by molar-refractivity contribution is -0.139. The van der Waals surface area contributed by atoms with E-state index in [2.05, 4.69) is 0 Å². The molecule has 0 aromatic heterocycles. The van der Waals surface area contributed by atoms with E-state index in [9.17, 15) is 9.59 Å². The first-order valence-electron chi connectivity index (χ1n) is 6.05. The summed E-state index contributed by atoms with van der Waals surface area (Å²) < 4.78 is 0. The molecule has 0 fully saturated rings. The largest absolute Gasteiger partial charge is 0.481 e. The van der Waals surface area contributed by atoms with Gasteiger partial charge in [-0.1, -0.05) is 13.8 Å². The van der Waals surface area contributed by atoms with Gasteiger partial charge >= 0.3 is 5.97 Å². The van der Waals surface area contributed by atoms with Crippen LogP contribution in [-0.2, 0) is 9.59 Å². The number of nitrogens with two attached hydrogens (primary N) is 1. The molecule has 0 aliphatic rings. The topological polar surface area (TPSA) is 83.6 Å². The van der Waals surface area contributed by atoms with Gasteiger partial charge in [0.15, 0.2) is 0 Å². The normalized spacial score (nSPS) is 12.9. The van der Waals surface area contributed by atoms with E-state index < -0.39 is 12.0 Å². The first-order chi connectivity index (χ1) is 7.77. The lowest BCUT2D eigenvalue weighted by atomic mass is 10.0. The summed E-state index contributed by atoms with van der Waals surface area (Å²) in [6, 6.07) is -0.469. The van der Waals surface area contributed by atoms with Gasteiger partial charge < -0.3 is 15.7 Å². The first-order valence-corrected chi connectivity index (χ1v) is 6.05. The summed E-state index contributed by atoms with van der Waals surface area (Å²) in [4.78, 5) is 24.2. The van der Waals surface area contributed by atoms with Crippen molar-refractivity contribution in [3.8, 4) is 0 Å². The minimum absolute atomic E-state index is 0.0427. The number of aliphatic carboxylic acids is 1. The van der Waals surface area contributed by atoms with Gasteiger partial charge in [0.25, 0.3) is 0 Å². The summed E-state index contributed by atoms with van der Waals surface area (Å²) in [6.45, 7) is 8.07. The number of amides is 1. The molecule has 0 radical (unpaired) electrons. The molecule has 0 aromatic rings. The molecule has 100 valence electrons. The molecular weight excluding hydrogens is 220 g/mol. The maximum Gasteiger partial charge on any atom is 0.303 e. The lowest BCUT2D eigenvalue weighted by Gasteiger charge is -2.30. The molecule has 17 heavy (non-hydrogen) atoms. The molecule has 0 spiro atoms. The van der Waals surface area contributed by atoms with Crippen LogP contribution in [0.25, 0.3) is 0 Å². The molecule has 0 saturated carbocycles. The minimum atomic E-state index is -0.839. The van der Waals surface area contributed by atoms with E-state index in [1.807, 2.05) is 27.7 Å². The van der Waals surface area contributed by atoms with Gasteiger partial charge in [-0.15, -0.1) is 0 Å². The third-order valence-electron chi connectivity index (χ3n) is 2.70. The zero-order valence-electron chi connectivity index (χ0n) is 11.1. The fourth-order valence-electron chi connectivity index (χ4n) is 1.50. The third kappa shape index (κ3) is 5.68.